The number of likely N-dealkylation sites (N-methyl/N-ethyl adjacent to an activating group) is 1. The lowest BCUT2D eigenvalue weighted by atomic mass is 9.79. The number of primary amides is 1. The second-order valence-electron chi connectivity index (χ2n) is 22.2. The van der Waals surface area contributed by atoms with Gasteiger partial charge in [-0.1, -0.05) is 66.7 Å². The number of fused-ring (bicyclic) bond motifs is 2. The van der Waals surface area contributed by atoms with Gasteiger partial charge in [-0.15, -0.1) is 0 Å². The molecule has 2 aliphatic heterocycles. The van der Waals surface area contributed by atoms with Crippen LogP contribution >= 0.6 is 0 Å². The number of piperidine rings is 1. The van der Waals surface area contributed by atoms with E-state index in [0.717, 1.165) is 39.6 Å². The molecule has 448 valence electrons. The van der Waals surface area contributed by atoms with E-state index >= 15 is 0 Å². The Morgan fingerprint density at radius 2 is 1.35 bits per heavy atom. The minimum atomic E-state index is -1.24. The number of hydrogen-bond acceptors (Lipinski definition) is 11. The van der Waals surface area contributed by atoms with Crippen molar-refractivity contribution in [2.75, 3.05) is 46.3 Å². The molecule has 0 spiro atoms. The number of benzene rings is 5. The summed E-state index contributed by atoms with van der Waals surface area (Å²) in [4.78, 5) is 124. The highest BCUT2D eigenvalue weighted by Crippen LogP contribution is 2.41. The van der Waals surface area contributed by atoms with Gasteiger partial charge < -0.3 is 47.5 Å². The molecule has 22 heteroatoms. The summed E-state index contributed by atoms with van der Waals surface area (Å²) in [5, 5.41) is 29.6. The van der Waals surface area contributed by atoms with Crippen LogP contribution < -0.4 is 37.6 Å². The quantitative estimate of drug-likeness (QED) is 0.0230. The Morgan fingerprint density at radius 1 is 0.721 bits per heavy atom. The number of likely N-dealkylation sites (tertiary alicyclic amines) is 1. The molecule has 8 amide bonds. The van der Waals surface area contributed by atoms with E-state index in [1.807, 2.05) is 37.5 Å². The molecule has 0 radical (unpaired) electrons. The molecular formula is C64H70FN11O10. The molecule has 0 bridgehead atoms. The van der Waals surface area contributed by atoms with Crippen molar-refractivity contribution in [3.8, 4) is 11.1 Å². The molecular weight excluding hydrogens is 1100 g/mol. The van der Waals surface area contributed by atoms with Gasteiger partial charge in [-0.2, -0.15) is 0 Å². The summed E-state index contributed by atoms with van der Waals surface area (Å²) in [7, 11) is 1.97. The second-order valence-corrected chi connectivity index (χ2v) is 22.2. The van der Waals surface area contributed by atoms with Crippen molar-refractivity contribution < 1.29 is 47.7 Å². The zero-order chi connectivity index (χ0) is 61.0. The van der Waals surface area contributed by atoms with E-state index < -0.39 is 64.3 Å². The van der Waals surface area contributed by atoms with Gasteiger partial charge in [-0.25, -0.2) is 4.39 Å². The maximum atomic E-state index is 14.7. The fourth-order valence-corrected chi connectivity index (χ4v) is 11.6. The van der Waals surface area contributed by atoms with Gasteiger partial charge in [0.1, 0.15) is 23.9 Å². The first kappa shape index (κ1) is 61.0. The van der Waals surface area contributed by atoms with Crippen LogP contribution in [-0.4, -0.2) is 137 Å². The van der Waals surface area contributed by atoms with Crippen molar-refractivity contribution in [3.05, 3.63) is 177 Å². The summed E-state index contributed by atoms with van der Waals surface area (Å²) < 4.78 is 14.2. The molecule has 1 fully saturated rings. The average Bonchev–Trinajstić information content (AvgIpc) is 1.53. The van der Waals surface area contributed by atoms with Gasteiger partial charge in [0, 0.05) is 105 Å². The fourth-order valence-electron chi connectivity index (χ4n) is 11.6. The highest BCUT2D eigenvalue weighted by atomic mass is 19.1. The third-order valence-corrected chi connectivity index (χ3v) is 16.2. The molecule has 1 aliphatic carbocycles. The molecule has 6 atom stereocenters. The van der Waals surface area contributed by atoms with Gasteiger partial charge in [0.15, 0.2) is 0 Å². The van der Waals surface area contributed by atoms with E-state index in [2.05, 4.69) is 41.8 Å². The molecule has 21 nitrogen and oxygen atoms in total. The number of carbonyl (C=O) groups is 8. The average molecular weight is 1170 g/mol. The number of halogens is 1. The number of rotatable bonds is 24. The number of aromatic nitrogens is 1. The fraction of sp³-hybridized carbons (Fsp3) is 0.344. The highest BCUT2D eigenvalue weighted by molar-refractivity contribution is 6.00. The number of nitrogens with zero attached hydrogens (tertiary/aromatic N) is 3. The molecule has 3 heterocycles. The van der Waals surface area contributed by atoms with Crippen LogP contribution in [0.5, 0.6) is 0 Å². The highest BCUT2D eigenvalue weighted by Gasteiger charge is 2.38. The van der Waals surface area contributed by atoms with Gasteiger partial charge in [0.2, 0.25) is 35.4 Å². The van der Waals surface area contributed by atoms with Crippen LogP contribution in [0.15, 0.2) is 128 Å². The van der Waals surface area contributed by atoms with Crippen molar-refractivity contribution in [2.45, 2.75) is 82.5 Å². The van der Waals surface area contributed by atoms with Crippen LogP contribution in [0, 0.1) is 27.8 Å². The first-order chi connectivity index (χ1) is 41.4. The number of nitro benzene ring substituents is 1. The predicted octanol–water partition coefficient (Wildman–Crippen LogP) is 4.88. The van der Waals surface area contributed by atoms with Crippen LogP contribution in [0.4, 0.5) is 10.1 Å². The number of amides is 8. The minimum absolute atomic E-state index is 0.0294. The van der Waals surface area contributed by atoms with Gasteiger partial charge in [-0.05, 0) is 127 Å². The van der Waals surface area contributed by atoms with Crippen LogP contribution in [0.1, 0.15) is 82.0 Å². The third-order valence-electron chi connectivity index (χ3n) is 16.2. The topological polar surface area (TPSA) is 300 Å². The summed E-state index contributed by atoms with van der Waals surface area (Å²) >= 11 is 0. The number of nitrogens with two attached hydrogens (primary N) is 1. The molecule has 9 rings (SSSR count). The molecule has 1 aromatic heterocycles. The summed E-state index contributed by atoms with van der Waals surface area (Å²) in [6.45, 7) is 2.58. The van der Waals surface area contributed by atoms with Gasteiger partial charge in [0.25, 0.3) is 17.5 Å². The Bertz CT molecular complexity index is 3540. The number of non-ortho nitro benzene ring substituents is 1. The summed E-state index contributed by atoms with van der Waals surface area (Å²) in [6.07, 6.45) is 7.10. The summed E-state index contributed by atoms with van der Waals surface area (Å²) in [5.41, 5.74) is 13.0. The number of nitro groups is 1. The number of hydrogen-bond donors (Lipinski definition) is 8. The maximum absolute atomic E-state index is 14.7. The van der Waals surface area contributed by atoms with E-state index in [1.54, 1.807) is 48.5 Å². The zero-order valence-corrected chi connectivity index (χ0v) is 47.9. The molecule has 5 aromatic carbocycles. The van der Waals surface area contributed by atoms with Crippen LogP contribution in [0.3, 0.4) is 0 Å². The zero-order valence-electron chi connectivity index (χ0n) is 47.9. The molecule has 1 unspecified atom stereocenters. The smallest absolute Gasteiger partial charge is 0.269 e. The van der Waals surface area contributed by atoms with Crippen molar-refractivity contribution in [2.24, 2.45) is 17.6 Å². The number of aromatic amines is 1. The Balaban J connectivity index is 0.791. The van der Waals surface area contributed by atoms with Crippen LogP contribution in [0.2, 0.25) is 0 Å². The van der Waals surface area contributed by atoms with E-state index in [9.17, 15) is 52.9 Å². The lowest BCUT2D eigenvalue weighted by Crippen LogP contribution is -2.58. The number of H-pyrrole nitrogens is 1. The van der Waals surface area contributed by atoms with Crippen molar-refractivity contribution >= 4 is 69.4 Å². The standard InChI is InChI=1S/C64H70FN11O10/c1-38(77)71-53(58(66)78)9-3-4-27-67-59(79)43-19-15-41(16-20-43)42-17-21-44(22-18-42)60(80)68-28-29-69-61(81)45-7-6-30-75(37-45)64(84)55(32-39-11-23-48(65)24-12-39)73-63(83)54(31-40-13-25-49(26-14-40)76(85)86)72-62(82)47-33-51-50-8-5-10-52-57(50)46(35-70-52)34-56(51)74(2)36-47/h5,8,10-26,33,35,45,47,53-56,70H,3-4,6-7,9,27-32,34,36-37H2,1-2H3,(H2,66,78)(H,67,79)(H,68,80)(H,69,81)(H,71,77)(H,72,82)(H,73,83)/t45?,47-,53+,54+,55+,56-/m1/s1. The van der Waals surface area contributed by atoms with Crippen molar-refractivity contribution in [1.29, 1.82) is 0 Å². The van der Waals surface area contributed by atoms with Crippen LogP contribution in [0.25, 0.3) is 27.6 Å². The molecule has 0 saturated carbocycles. The lowest BCUT2D eigenvalue weighted by molar-refractivity contribution is -0.384. The molecule has 9 N–H and O–H groups in total. The Kier molecular flexibility index (Phi) is 19.8. The van der Waals surface area contributed by atoms with Gasteiger partial charge in [0.05, 0.1) is 16.8 Å². The van der Waals surface area contributed by atoms with Gasteiger partial charge >= 0.3 is 0 Å². The van der Waals surface area contributed by atoms with Crippen molar-refractivity contribution in [3.63, 3.8) is 0 Å². The summed E-state index contributed by atoms with van der Waals surface area (Å²) in [6, 6.07) is 28.0. The second kappa shape index (κ2) is 27.9. The Hall–Kier alpha value is -9.57. The largest absolute Gasteiger partial charge is 0.368 e. The van der Waals surface area contributed by atoms with E-state index in [1.165, 1.54) is 65.9 Å². The predicted molar refractivity (Wildman–Crippen MR) is 320 cm³/mol. The third kappa shape index (κ3) is 15.2. The monoisotopic (exact) mass is 1170 g/mol. The number of unbranched alkanes of at least 4 members (excludes halogenated alkanes) is 1. The molecule has 6 aromatic rings. The van der Waals surface area contributed by atoms with E-state index in [-0.39, 0.29) is 74.4 Å². The van der Waals surface area contributed by atoms with E-state index in [4.69, 9.17) is 5.73 Å². The van der Waals surface area contributed by atoms with Crippen molar-refractivity contribution in [1.82, 2.24) is 46.7 Å². The maximum Gasteiger partial charge on any atom is 0.269 e. The SMILES string of the molecule is CC(=O)N[C@@H](CCCCNC(=O)c1ccc(-c2ccc(C(=O)NCCNC(=O)C3CCCN(C(=O)[C@H](Cc4ccc(F)cc4)NC(=O)[C@H](Cc4ccc([N+](=O)[O-])cc4)NC(=O)[C@@H]4C=C5c6cccc7[nH]cc(c67)C[C@H]5N(C)C4)C3)cc2)cc1)C(N)=O. The summed E-state index contributed by atoms with van der Waals surface area (Å²) in [5.74, 6) is -5.27. The molecule has 86 heavy (non-hydrogen) atoms. The lowest BCUT2D eigenvalue weighted by Gasteiger charge is -2.39. The molecule has 1 saturated heterocycles. The molecule has 3 aliphatic rings. The first-order valence-electron chi connectivity index (χ1n) is 28.9. The number of carbonyl (C=O) groups excluding carboxylic acids is 8. The Labute approximate surface area is 496 Å². The van der Waals surface area contributed by atoms with E-state index in [0.29, 0.717) is 67.4 Å². The Morgan fingerprint density at radius 3 is 1.99 bits per heavy atom. The minimum Gasteiger partial charge on any atom is -0.368 e. The van der Waals surface area contributed by atoms with Gasteiger partial charge in [-0.3, -0.25) is 53.4 Å². The normalized spacial score (nSPS) is 17.4. The first-order valence-corrected chi connectivity index (χ1v) is 28.9. The van der Waals surface area contributed by atoms with Crippen LogP contribution in [-0.2, 0) is 48.0 Å². The number of nitrogens with one attached hydrogen (secondary N) is 7.